The van der Waals surface area contributed by atoms with Crippen molar-refractivity contribution >= 4 is 29.2 Å². The molecular formula is C34H32F5N5O5. The summed E-state index contributed by atoms with van der Waals surface area (Å²) in [7, 11) is 0. The van der Waals surface area contributed by atoms with Crippen LogP contribution in [-0.2, 0) is 28.7 Å². The second-order valence-corrected chi connectivity index (χ2v) is 12.6. The van der Waals surface area contributed by atoms with Crippen LogP contribution >= 0.6 is 0 Å². The molecule has 0 unspecified atom stereocenters. The third kappa shape index (κ3) is 7.76. The maximum absolute atomic E-state index is 14.6. The molecule has 0 saturated carbocycles. The summed E-state index contributed by atoms with van der Waals surface area (Å²) in [5.74, 6) is -4.73. The molecule has 15 heteroatoms. The first kappa shape index (κ1) is 35.1. The summed E-state index contributed by atoms with van der Waals surface area (Å²) in [6.07, 6.45) is -3.21. The lowest BCUT2D eigenvalue weighted by atomic mass is 9.94. The third-order valence-electron chi connectivity index (χ3n) is 7.96. The second kappa shape index (κ2) is 13.4. The minimum Gasteiger partial charge on any atom is -0.460 e. The van der Waals surface area contributed by atoms with Gasteiger partial charge in [0.15, 0.2) is 17.2 Å². The van der Waals surface area contributed by atoms with Gasteiger partial charge in [0.25, 0.3) is 11.8 Å². The number of benzene rings is 2. The molecule has 0 fully saturated rings. The number of aromatic nitrogens is 3. The summed E-state index contributed by atoms with van der Waals surface area (Å²) in [5.41, 5.74) is -0.473. The highest BCUT2D eigenvalue weighted by Gasteiger charge is 2.34. The molecule has 0 bridgehead atoms. The molecule has 2 amide bonds. The number of nitrogens with one attached hydrogen (secondary N) is 2. The molecule has 2 N–H and O–H groups in total. The van der Waals surface area contributed by atoms with Crippen molar-refractivity contribution < 1.29 is 45.9 Å². The number of carbonyl (C=O) groups is 4. The van der Waals surface area contributed by atoms with Crippen LogP contribution < -0.4 is 10.6 Å². The van der Waals surface area contributed by atoms with Crippen molar-refractivity contribution in [2.45, 2.75) is 77.7 Å². The number of rotatable bonds is 9. The Morgan fingerprint density at radius 3 is 2.41 bits per heavy atom. The van der Waals surface area contributed by atoms with Crippen molar-refractivity contribution in [1.29, 1.82) is 0 Å². The largest absolute Gasteiger partial charge is 0.460 e. The van der Waals surface area contributed by atoms with Crippen molar-refractivity contribution in [3.63, 3.8) is 0 Å². The number of fused-ring (bicyclic) bond motifs is 2. The Hall–Kier alpha value is -5.21. The van der Waals surface area contributed by atoms with Crippen LogP contribution in [0.25, 0.3) is 5.65 Å². The molecule has 1 atom stereocenters. The van der Waals surface area contributed by atoms with Gasteiger partial charge in [-0.3, -0.25) is 19.2 Å². The highest BCUT2D eigenvalue weighted by atomic mass is 19.4. The number of Topliss-reactive ketones (excluding diaryl/α,β-unsaturated/α-hetero) is 1. The van der Waals surface area contributed by atoms with Gasteiger partial charge < -0.3 is 15.4 Å². The SMILES string of the molecule is Cc1c(C(=O)CCC(=O)OC(C)(C)C)ccc2c1CC[C@@H]2NC(=O)c1cc(C(=O)NCc2ccc(F)c(C(F)(F)F)c2)nc2c(F)cnn12. The summed E-state index contributed by atoms with van der Waals surface area (Å²) < 4.78 is 73.8. The molecule has 4 aromatic rings. The van der Waals surface area contributed by atoms with Crippen LogP contribution in [0.4, 0.5) is 22.0 Å². The molecule has 2 aromatic carbocycles. The van der Waals surface area contributed by atoms with Gasteiger partial charge in [0.2, 0.25) is 0 Å². The number of nitrogens with zero attached hydrogens (tertiary/aromatic N) is 3. The fourth-order valence-electron chi connectivity index (χ4n) is 5.69. The highest BCUT2D eigenvalue weighted by Crippen LogP contribution is 2.35. The smallest absolute Gasteiger partial charge is 0.419 e. The maximum atomic E-state index is 14.6. The summed E-state index contributed by atoms with van der Waals surface area (Å²) in [4.78, 5) is 55.6. The van der Waals surface area contributed by atoms with Crippen molar-refractivity contribution in [2.24, 2.45) is 0 Å². The summed E-state index contributed by atoms with van der Waals surface area (Å²) >= 11 is 0. The minimum absolute atomic E-state index is 0.0262. The van der Waals surface area contributed by atoms with Crippen molar-refractivity contribution in [3.8, 4) is 0 Å². The van der Waals surface area contributed by atoms with Gasteiger partial charge in [-0.05, 0) is 74.9 Å². The molecule has 0 spiro atoms. The fourth-order valence-corrected chi connectivity index (χ4v) is 5.69. The summed E-state index contributed by atoms with van der Waals surface area (Å²) in [6, 6.07) is 6.21. The lowest BCUT2D eigenvalue weighted by Gasteiger charge is -2.19. The van der Waals surface area contributed by atoms with Crippen LogP contribution in [0.2, 0.25) is 0 Å². The average molecular weight is 686 g/mol. The van der Waals surface area contributed by atoms with Crippen LogP contribution in [0.3, 0.4) is 0 Å². The van der Waals surface area contributed by atoms with E-state index in [4.69, 9.17) is 4.74 Å². The van der Waals surface area contributed by atoms with Crippen LogP contribution in [0.1, 0.15) is 105 Å². The molecule has 0 saturated heterocycles. The van der Waals surface area contributed by atoms with E-state index in [0.717, 1.165) is 39.5 Å². The van der Waals surface area contributed by atoms with Gasteiger partial charge in [0, 0.05) is 24.6 Å². The van der Waals surface area contributed by atoms with Crippen molar-refractivity contribution in [3.05, 3.63) is 99.0 Å². The van der Waals surface area contributed by atoms with E-state index >= 15 is 0 Å². The van der Waals surface area contributed by atoms with Crippen molar-refractivity contribution in [2.75, 3.05) is 0 Å². The number of ether oxygens (including phenoxy) is 1. The minimum atomic E-state index is -4.94. The van der Waals surface area contributed by atoms with E-state index in [9.17, 15) is 41.1 Å². The Balaban J connectivity index is 1.32. The Bertz CT molecular complexity index is 1980. The molecule has 1 aliphatic rings. The third-order valence-corrected chi connectivity index (χ3v) is 7.96. The number of hydrogen-bond donors (Lipinski definition) is 2. The molecule has 49 heavy (non-hydrogen) atoms. The molecule has 2 aromatic heterocycles. The second-order valence-electron chi connectivity index (χ2n) is 12.6. The lowest BCUT2D eigenvalue weighted by Crippen LogP contribution is -2.31. The molecule has 1 aliphatic carbocycles. The molecular weight excluding hydrogens is 653 g/mol. The predicted octanol–water partition coefficient (Wildman–Crippen LogP) is 5.99. The van der Waals surface area contributed by atoms with Gasteiger partial charge in [-0.2, -0.15) is 18.3 Å². The average Bonchev–Trinajstić information content (AvgIpc) is 3.61. The zero-order valence-corrected chi connectivity index (χ0v) is 26.9. The first-order valence-corrected chi connectivity index (χ1v) is 15.3. The first-order chi connectivity index (χ1) is 22.9. The summed E-state index contributed by atoms with van der Waals surface area (Å²) in [6.45, 7) is 6.58. The topological polar surface area (TPSA) is 132 Å². The molecule has 0 aliphatic heterocycles. The Morgan fingerprint density at radius 2 is 1.71 bits per heavy atom. The van der Waals surface area contributed by atoms with Crippen LogP contribution in [0.5, 0.6) is 0 Å². The lowest BCUT2D eigenvalue weighted by molar-refractivity contribution is -0.154. The summed E-state index contributed by atoms with van der Waals surface area (Å²) in [5, 5.41) is 9.09. The van der Waals surface area contributed by atoms with E-state index in [1.807, 2.05) is 0 Å². The van der Waals surface area contributed by atoms with Crippen LogP contribution in [-0.4, -0.2) is 43.8 Å². The number of amides is 2. The van der Waals surface area contributed by atoms with Crippen molar-refractivity contribution in [1.82, 2.24) is 25.2 Å². The van der Waals surface area contributed by atoms with Gasteiger partial charge in [-0.15, -0.1) is 0 Å². The monoisotopic (exact) mass is 685 g/mol. The standard InChI is InChI=1S/C34H32F5N5O5/c1-17-19-8-10-25(21(19)7-6-20(17)28(45)11-12-29(46)49-33(2,3)4)43-32(48)27-14-26(42-30-24(36)16-41-44(27)30)31(47)40-15-18-5-9-23(35)22(13-18)34(37,38)39/h5-7,9,13-14,16,25H,8,10-12,15H2,1-4H3,(H,40,47)(H,43,48)/t25-/m0/s1. The quantitative estimate of drug-likeness (QED) is 0.126. The first-order valence-electron chi connectivity index (χ1n) is 15.3. The number of halogens is 5. The number of esters is 1. The Morgan fingerprint density at radius 1 is 0.980 bits per heavy atom. The number of alkyl halides is 3. The fraction of sp³-hybridized carbons (Fsp3) is 0.353. The molecule has 10 nitrogen and oxygen atoms in total. The van der Waals surface area contributed by atoms with Gasteiger partial charge in [-0.1, -0.05) is 18.2 Å². The predicted molar refractivity (Wildman–Crippen MR) is 165 cm³/mol. The van der Waals surface area contributed by atoms with Gasteiger partial charge in [-0.25, -0.2) is 18.3 Å². The van der Waals surface area contributed by atoms with Gasteiger partial charge >= 0.3 is 12.1 Å². The van der Waals surface area contributed by atoms with E-state index in [1.54, 1.807) is 39.8 Å². The van der Waals surface area contributed by atoms with Crippen LogP contribution in [0.15, 0.2) is 42.6 Å². The normalized spacial score (nSPS) is 14.4. The van der Waals surface area contributed by atoms with E-state index in [-0.39, 0.29) is 29.9 Å². The highest BCUT2D eigenvalue weighted by molar-refractivity contribution is 6.00. The van der Waals surface area contributed by atoms with Crippen LogP contribution in [0, 0.1) is 18.6 Å². The number of ketones is 1. The van der Waals surface area contributed by atoms with Gasteiger partial charge in [0.05, 0.1) is 24.2 Å². The molecule has 258 valence electrons. The number of hydrogen-bond acceptors (Lipinski definition) is 7. The van der Waals surface area contributed by atoms with E-state index in [2.05, 4.69) is 20.7 Å². The zero-order valence-electron chi connectivity index (χ0n) is 26.9. The van der Waals surface area contributed by atoms with E-state index in [0.29, 0.717) is 30.5 Å². The Kier molecular flexibility index (Phi) is 9.57. The maximum Gasteiger partial charge on any atom is 0.419 e. The zero-order chi connectivity index (χ0) is 35.8. The van der Waals surface area contributed by atoms with E-state index < -0.39 is 70.7 Å². The molecule has 2 heterocycles. The Labute approximate surface area is 277 Å². The number of carbonyl (C=O) groups excluding carboxylic acids is 4. The molecule has 0 radical (unpaired) electrons. The van der Waals surface area contributed by atoms with E-state index in [1.165, 1.54) is 0 Å². The van der Waals surface area contributed by atoms with Gasteiger partial charge in [0.1, 0.15) is 22.8 Å². The molecule has 5 rings (SSSR count).